The fraction of sp³-hybridized carbons (Fsp3) is 0.353. The van der Waals surface area contributed by atoms with Crippen molar-refractivity contribution in [1.82, 2.24) is 4.98 Å². The fourth-order valence-corrected chi connectivity index (χ4v) is 3.55. The summed E-state index contributed by atoms with van der Waals surface area (Å²) in [5.41, 5.74) is 2.38. The number of hydrogen-bond donors (Lipinski definition) is 0. The molecule has 5 heteroatoms. The molecule has 0 saturated carbocycles. The van der Waals surface area contributed by atoms with Crippen molar-refractivity contribution < 1.29 is 4.74 Å². The molecule has 0 radical (unpaired) electrons. The zero-order chi connectivity index (χ0) is 15.5. The van der Waals surface area contributed by atoms with Crippen molar-refractivity contribution in [2.45, 2.75) is 17.9 Å². The van der Waals surface area contributed by atoms with Gasteiger partial charge in [0.1, 0.15) is 5.82 Å². The van der Waals surface area contributed by atoms with Crippen LogP contribution < -0.4 is 4.90 Å². The van der Waals surface area contributed by atoms with E-state index in [2.05, 4.69) is 63.9 Å². The summed E-state index contributed by atoms with van der Waals surface area (Å²) in [6, 6.07) is 14.6. The molecule has 0 amide bonds. The average Bonchev–Trinajstić information content (AvgIpc) is 2.91. The number of alkyl halides is 1. The van der Waals surface area contributed by atoms with Crippen LogP contribution in [0.25, 0.3) is 0 Å². The number of nitrogens with zero attached hydrogens (tertiary/aromatic N) is 2. The summed E-state index contributed by atoms with van der Waals surface area (Å²) < 4.78 is 6.61. The number of ether oxygens (including phenoxy) is 1. The molecule has 2 unspecified atom stereocenters. The molecule has 3 rings (SSSR count). The Morgan fingerprint density at radius 2 is 2.00 bits per heavy atom. The second-order valence-electron chi connectivity index (χ2n) is 5.46. The number of aromatic nitrogens is 1. The van der Waals surface area contributed by atoms with Crippen LogP contribution in [-0.4, -0.2) is 36.7 Å². The molecule has 0 bridgehead atoms. The van der Waals surface area contributed by atoms with Crippen molar-refractivity contribution in [2.24, 2.45) is 0 Å². The van der Waals surface area contributed by atoms with E-state index in [1.54, 1.807) is 7.11 Å². The van der Waals surface area contributed by atoms with Gasteiger partial charge in [0, 0.05) is 30.2 Å². The highest BCUT2D eigenvalue weighted by Crippen LogP contribution is 2.25. The van der Waals surface area contributed by atoms with E-state index in [9.17, 15) is 0 Å². The van der Waals surface area contributed by atoms with E-state index in [4.69, 9.17) is 21.3 Å². The molecule has 2 heterocycles. The number of methoxy groups -OCH3 is 1. The standard InChI is InChI=1S/C17H18ClIN2O/c1-22-16-11-21(10-13(16)18)17-8-7-14(19)15(20-17)9-12-5-3-2-4-6-12/h2-8,13,16H,9-11H2,1H3. The zero-order valence-corrected chi connectivity index (χ0v) is 15.3. The normalized spacial score (nSPS) is 21.3. The second kappa shape index (κ2) is 7.15. The first kappa shape index (κ1) is 16.0. The minimum atomic E-state index is 0.0173. The number of halogens is 2. The molecule has 1 aliphatic heterocycles. The van der Waals surface area contributed by atoms with Gasteiger partial charge in [0.2, 0.25) is 0 Å². The third-order valence-corrected chi connectivity index (χ3v) is 5.34. The highest BCUT2D eigenvalue weighted by atomic mass is 127. The van der Waals surface area contributed by atoms with E-state index in [-0.39, 0.29) is 11.5 Å². The SMILES string of the molecule is COC1CN(c2ccc(I)c(Cc3ccccc3)n2)CC1Cl. The van der Waals surface area contributed by atoms with Crippen LogP contribution in [0, 0.1) is 3.57 Å². The molecule has 1 aliphatic rings. The fourth-order valence-electron chi connectivity index (χ4n) is 2.71. The van der Waals surface area contributed by atoms with Crippen molar-refractivity contribution in [3.63, 3.8) is 0 Å². The number of hydrogen-bond acceptors (Lipinski definition) is 3. The van der Waals surface area contributed by atoms with Gasteiger partial charge in [-0.15, -0.1) is 11.6 Å². The molecule has 2 atom stereocenters. The van der Waals surface area contributed by atoms with Gasteiger partial charge in [-0.1, -0.05) is 30.3 Å². The number of pyridine rings is 1. The van der Waals surface area contributed by atoms with Crippen molar-refractivity contribution in [3.05, 3.63) is 57.3 Å². The summed E-state index contributed by atoms with van der Waals surface area (Å²) in [5.74, 6) is 0.983. The third kappa shape index (κ3) is 3.55. The minimum absolute atomic E-state index is 0.0173. The molecule has 1 aromatic carbocycles. The Balaban J connectivity index is 1.81. The lowest BCUT2D eigenvalue weighted by atomic mass is 10.1. The Morgan fingerprint density at radius 1 is 1.23 bits per heavy atom. The maximum absolute atomic E-state index is 6.33. The average molecular weight is 429 g/mol. The predicted octanol–water partition coefficient (Wildman–Crippen LogP) is 3.72. The lowest BCUT2D eigenvalue weighted by Crippen LogP contribution is -2.23. The van der Waals surface area contributed by atoms with E-state index in [1.165, 1.54) is 9.13 Å². The van der Waals surface area contributed by atoms with Gasteiger partial charge in [0.15, 0.2) is 0 Å². The summed E-state index contributed by atoms with van der Waals surface area (Å²) in [7, 11) is 1.71. The van der Waals surface area contributed by atoms with Crippen molar-refractivity contribution in [1.29, 1.82) is 0 Å². The summed E-state index contributed by atoms with van der Waals surface area (Å²) in [6.45, 7) is 1.57. The summed E-state index contributed by atoms with van der Waals surface area (Å²) in [6.07, 6.45) is 0.916. The van der Waals surface area contributed by atoms with E-state index >= 15 is 0 Å². The largest absolute Gasteiger partial charge is 0.378 e. The number of anilines is 1. The number of benzene rings is 1. The van der Waals surface area contributed by atoms with Crippen molar-refractivity contribution in [3.8, 4) is 0 Å². The first-order valence-corrected chi connectivity index (χ1v) is 8.80. The van der Waals surface area contributed by atoms with Crippen LogP contribution in [0.3, 0.4) is 0 Å². The minimum Gasteiger partial charge on any atom is -0.378 e. The van der Waals surface area contributed by atoms with Crippen molar-refractivity contribution >= 4 is 40.0 Å². The van der Waals surface area contributed by atoms with Gasteiger partial charge >= 0.3 is 0 Å². The Bertz CT molecular complexity index is 638. The summed E-state index contributed by atoms with van der Waals surface area (Å²) in [5, 5.41) is 0.0173. The van der Waals surface area contributed by atoms with Gasteiger partial charge in [-0.25, -0.2) is 4.98 Å². The Kier molecular flexibility index (Phi) is 5.21. The molecule has 0 aliphatic carbocycles. The van der Waals surface area contributed by atoms with Gasteiger partial charge in [-0.05, 0) is 40.3 Å². The molecule has 0 N–H and O–H groups in total. The third-order valence-electron chi connectivity index (χ3n) is 3.94. The van der Waals surface area contributed by atoms with Crippen LogP contribution in [0.15, 0.2) is 42.5 Å². The highest BCUT2D eigenvalue weighted by molar-refractivity contribution is 14.1. The lowest BCUT2D eigenvalue weighted by Gasteiger charge is -2.18. The predicted molar refractivity (Wildman–Crippen MR) is 98.9 cm³/mol. The quantitative estimate of drug-likeness (QED) is 0.548. The van der Waals surface area contributed by atoms with Crippen LogP contribution in [0.1, 0.15) is 11.3 Å². The Labute approximate surface area is 149 Å². The van der Waals surface area contributed by atoms with Gasteiger partial charge in [-0.2, -0.15) is 0 Å². The molecule has 2 aromatic rings. The lowest BCUT2D eigenvalue weighted by molar-refractivity contribution is 0.123. The van der Waals surface area contributed by atoms with Crippen LogP contribution in [0.4, 0.5) is 5.82 Å². The molecular weight excluding hydrogens is 411 g/mol. The molecular formula is C17H18ClIN2O. The van der Waals surface area contributed by atoms with Crippen LogP contribution >= 0.6 is 34.2 Å². The van der Waals surface area contributed by atoms with E-state index < -0.39 is 0 Å². The zero-order valence-electron chi connectivity index (χ0n) is 12.4. The van der Waals surface area contributed by atoms with Crippen LogP contribution in [0.5, 0.6) is 0 Å². The molecule has 0 spiro atoms. The van der Waals surface area contributed by atoms with Crippen molar-refractivity contribution in [2.75, 3.05) is 25.1 Å². The monoisotopic (exact) mass is 428 g/mol. The molecule has 116 valence electrons. The van der Waals surface area contributed by atoms with Gasteiger partial charge in [-0.3, -0.25) is 0 Å². The van der Waals surface area contributed by atoms with Gasteiger partial charge in [0.05, 0.1) is 17.2 Å². The Morgan fingerprint density at radius 3 is 2.68 bits per heavy atom. The maximum atomic E-state index is 6.33. The molecule has 1 fully saturated rings. The number of rotatable bonds is 4. The Hall–Kier alpha value is -0.850. The molecule has 1 saturated heterocycles. The van der Waals surface area contributed by atoms with Crippen LogP contribution in [0.2, 0.25) is 0 Å². The first-order chi connectivity index (χ1) is 10.7. The van der Waals surface area contributed by atoms with Crippen LogP contribution in [-0.2, 0) is 11.2 Å². The first-order valence-electron chi connectivity index (χ1n) is 7.28. The second-order valence-corrected chi connectivity index (χ2v) is 7.18. The topological polar surface area (TPSA) is 25.4 Å². The smallest absolute Gasteiger partial charge is 0.129 e. The highest BCUT2D eigenvalue weighted by Gasteiger charge is 2.32. The van der Waals surface area contributed by atoms with Gasteiger partial charge in [0.25, 0.3) is 0 Å². The summed E-state index contributed by atoms with van der Waals surface area (Å²) >= 11 is 8.68. The van der Waals surface area contributed by atoms with E-state index in [1.807, 2.05) is 6.07 Å². The van der Waals surface area contributed by atoms with Gasteiger partial charge < -0.3 is 9.64 Å². The molecule has 1 aromatic heterocycles. The summed E-state index contributed by atoms with van der Waals surface area (Å²) in [4.78, 5) is 7.06. The molecule has 3 nitrogen and oxygen atoms in total. The van der Waals surface area contributed by atoms with E-state index in [0.29, 0.717) is 0 Å². The van der Waals surface area contributed by atoms with E-state index in [0.717, 1.165) is 31.0 Å². The molecule has 22 heavy (non-hydrogen) atoms. The maximum Gasteiger partial charge on any atom is 0.129 e.